The molecule has 0 saturated carbocycles. The average Bonchev–Trinajstić information content (AvgIpc) is 2.88. The van der Waals surface area contributed by atoms with Crippen molar-refractivity contribution >= 4 is 15.5 Å². The lowest BCUT2D eigenvalue weighted by molar-refractivity contribution is -0.385. The van der Waals surface area contributed by atoms with E-state index in [1.54, 1.807) is 0 Å². The third-order valence-electron chi connectivity index (χ3n) is 4.25. The van der Waals surface area contributed by atoms with Gasteiger partial charge in [0.25, 0.3) is 5.69 Å². The minimum absolute atomic E-state index is 0.0796. The first kappa shape index (κ1) is 15.6. The quantitative estimate of drug-likeness (QED) is 0.466. The maximum atomic E-state index is 14.3. The molecule has 0 fully saturated rings. The number of rotatable bonds is 2. The van der Waals surface area contributed by atoms with E-state index in [0.717, 1.165) is 0 Å². The van der Waals surface area contributed by atoms with Gasteiger partial charge in [-0.1, -0.05) is 11.1 Å². The maximum absolute atomic E-state index is 14.3. The highest BCUT2D eigenvalue weighted by molar-refractivity contribution is 7.92. The van der Waals surface area contributed by atoms with E-state index in [0.29, 0.717) is 23.3 Å². The van der Waals surface area contributed by atoms with Crippen molar-refractivity contribution in [1.82, 2.24) is 0 Å². The van der Waals surface area contributed by atoms with Gasteiger partial charge in [-0.2, -0.15) is 5.26 Å². The molecule has 1 aliphatic heterocycles. The van der Waals surface area contributed by atoms with Crippen molar-refractivity contribution in [2.45, 2.75) is 18.3 Å². The van der Waals surface area contributed by atoms with Gasteiger partial charge in [0, 0.05) is 5.56 Å². The molecule has 9 heteroatoms. The average molecular weight is 340 g/mol. The number of nitriles is 1. The number of halogens is 2. The van der Waals surface area contributed by atoms with Crippen LogP contribution in [-0.2, 0) is 15.3 Å². The summed E-state index contributed by atoms with van der Waals surface area (Å²) in [5.74, 6) is -2.74. The number of sulfone groups is 1. The highest BCUT2D eigenvalue weighted by Gasteiger charge is 2.48. The molecule has 1 heterocycles. The molecule has 1 aromatic rings. The number of hydrogen-bond acceptors (Lipinski definition) is 5. The van der Waals surface area contributed by atoms with E-state index >= 15 is 0 Å². The molecule has 23 heavy (non-hydrogen) atoms. The van der Waals surface area contributed by atoms with E-state index in [2.05, 4.69) is 0 Å². The van der Waals surface area contributed by atoms with Crippen molar-refractivity contribution in [1.29, 1.82) is 5.26 Å². The van der Waals surface area contributed by atoms with Gasteiger partial charge in [0.2, 0.25) is 0 Å². The molecule has 0 unspecified atom stereocenters. The Balaban J connectivity index is 2.06. The molecule has 6 nitrogen and oxygen atoms in total. The second kappa shape index (κ2) is 4.83. The fourth-order valence-corrected chi connectivity index (χ4v) is 5.14. The molecule has 0 saturated heterocycles. The van der Waals surface area contributed by atoms with Crippen LogP contribution in [0.1, 0.15) is 18.4 Å². The minimum atomic E-state index is -3.24. The van der Waals surface area contributed by atoms with Gasteiger partial charge >= 0.3 is 0 Å². The minimum Gasteiger partial charge on any atom is -0.258 e. The van der Waals surface area contributed by atoms with Crippen molar-refractivity contribution in [2.24, 2.45) is 0 Å². The molecule has 0 bridgehead atoms. The zero-order chi connectivity index (χ0) is 17.0. The van der Waals surface area contributed by atoms with Crippen LogP contribution in [0.15, 0.2) is 23.3 Å². The van der Waals surface area contributed by atoms with Crippen LogP contribution in [0.3, 0.4) is 0 Å². The smallest absolute Gasteiger partial charge is 0.258 e. The number of hydrogen-bond donors (Lipinski definition) is 0. The predicted molar refractivity (Wildman–Crippen MR) is 75.2 cm³/mol. The zero-order valence-electron chi connectivity index (χ0n) is 11.7. The Hall–Kier alpha value is -2.34. The first-order chi connectivity index (χ1) is 10.7. The van der Waals surface area contributed by atoms with E-state index in [-0.39, 0.29) is 24.3 Å². The van der Waals surface area contributed by atoms with E-state index in [1.165, 1.54) is 0 Å². The van der Waals surface area contributed by atoms with Crippen LogP contribution in [0.2, 0.25) is 0 Å². The SMILES string of the molecule is N#CC1(c2c(F)cc([N+](=O)[O-])cc2F)CC2=C(C1)CS(=O)(=O)C2. The Morgan fingerprint density at radius 1 is 1.17 bits per heavy atom. The second-order valence-electron chi connectivity index (χ2n) is 5.83. The summed E-state index contributed by atoms with van der Waals surface area (Å²) >= 11 is 0. The molecular formula is C14H10F2N2O4S. The molecule has 0 spiro atoms. The molecule has 0 amide bonds. The second-order valence-corrected chi connectivity index (χ2v) is 7.89. The van der Waals surface area contributed by atoms with Crippen LogP contribution in [0.25, 0.3) is 0 Å². The number of benzene rings is 1. The lowest BCUT2D eigenvalue weighted by atomic mass is 9.77. The molecule has 3 rings (SSSR count). The third-order valence-corrected chi connectivity index (χ3v) is 5.83. The summed E-state index contributed by atoms with van der Waals surface area (Å²) in [7, 11) is -3.24. The van der Waals surface area contributed by atoms with Crippen LogP contribution in [0.4, 0.5) is 14.5 Å². The summed E-state index contributed by atoms with van der Waals surface area (Å²) in [5.41, 5.74) is -1.79. The van der Waals surface area contributed by atoms with Crippen LogP contribution < -0.4 is 0 Å². The number of nitrogens with zero attached hydrogens (tertiary/aromatic N) is 2. The fourth-order valence-electron chi connectivity index (χ4n) is 3.36. The Kier molecular flexibility index (Phi) is 3.26. The van der Waals surface area contributed by atoms with Gasteiger partial charge in [-0.15, -0.1) is 0 Å². The summed E-state index contributed by atoms with van der Waals surface area (Å²) < 4.78 is 51.7. The van der Waals surface area contributed by atoms with Gasteiger partial charge < -0.3 is 0 Å². The zero-order valence-corrected chi connectivity index (χ0v) is 12.5. The molecule has 120 valence electrons. The largest absolute Gasteiger partial charge is 0.275 e. The monoisotopic (exact) mass is 340 g/mol. The third kappa shape index (κ3) is 2.39. The van der Waals surface area contributed by atoms with Crippen LogP contribution in [0, 0.1) is 33.1 Å². The van der Waals surface area contributed by atoms with Gasteiger partial charge in [-0.3, -0.25) is 10.1 Å². The molecule has 2 aliphatic rings. The molecule has 0 atom stereocenters. The first-order valence-corrected chi connectivity index (χ1v) is 8.45. The standard InChI is InChI=1S/C14H10F2N2O4S/c15-11-1-10(18(19)20)2-12(16)13(11)14(7-17)3-8-5-23(21,22)6-9(8)4-14/h1-2H,3-6H2. The first-order valence-electron chi connectivity index (χ1n) is 6.63. The summed E-state index contributed by atoms with van der Waals surface area (Å²) in [5, 5.41) is 20.1. The van der Waals surface area contributed by atoms with Gasteiger partial charge in [0.1, 0.15) is 11.6 Å². The van der Waals surface area contributed by atoms with Crippen molar-refractivity contribution in [3.05, 3.63) is 50.6 Å². The molecular weight excluding hydrogens is 330 g/mol. The van der Waals surface area contributed by atoms with Crippen LogP contribution in [-0.4, -0.2) is 24.8 Å². The molecule has 0 radical (unpaired) electrons. The van der Waals surface area contributed by atoms with Crippen molar-refractivity contribution in [3.63, 3.8) is 0 Å². The number of non-ortho nitro benzene ring substituents is 1. The van der Waals surface area contributed by atoms with E-state index in [4.69, 9.17) is 0 Å². The van der Waals surface area contributed by atoms with Gasteiger partial charge in [-0.25, -0.2) is 17.2 Å². The summed E-state index contributed by atoms with van der Waals surface area (Å²) in [6.45, 7) is 0. The Labute approximate surface area is 130 Å². The van der Waals surface area contributed by atoms with E-state index < -0.39 is 43.1 Å². The summed E-state index contributed by atoms with van der Waals surface area (Å²) in [6, 6.07) is 3.06. The van der Waals surface area contributed by atoms with Crippen LogP contribution >= 0.6 is 0 Å². The van der Waals surface area contributed by atoms with Crippen molar-refractivity contribution in [2.75, 3.05) is 11.5 Å². The van der Waals surface area contributed by atoms with Gasteiger partial charge in [-0.05, 0) is 12.8 Å². The topological polar surface area (TPSA) is 101 Å². The van der Waals surface area contributed by atoms with E-state index in [1.807, 2.05) is 6.07 Å². The highest BCUT2D eigenvalue weighted by atomic mass is 32.2. The normalized spacial score (nSPS) is 21.1. The summed E-state index contributed by atoms with van der Waals surface area (Å²) in [6.07, 6.45) is -0.159. The molecule has 0 aromatic heterocycles. The Morgan fingerprint density at radius 3 is 2.04 bits per heavy atom. The fraction of sp³-hybridized carbons (Fsp3) is 0.357. The van der Waals surface area contributed by atoms with Crippen LogP contribution in [0.5, 0.6) is 0 Å². The summed E-state index contributed by atoms with van der Waals surface area (Å²) in [4.78, 5) is 9.73. The van der Waals surface area contributed by atoms with Gasteiger partial charge in [0.05, 0.1) is 40.0 Å². The van der Waals surface area contributed by atoms with Gasteiger partial charge in [0.15, 0.2) is 9.84 Å². The lowest BCUT2D eigenvalue weighted by Gasteiger charge is -2.24. The van der Waals surface area contributed by atoms with Crippen molar-refractivity contribution < 1.29 is 22.1 Å². The van der Waals surface area contributed by atoms with Crippen molar-refractivity contribution in [3.8, 4) is 6.07 Å². The molecule has 1 aliphatic carbocycles. The maximum Gasteiger partial charge on any atom is 0.275 e. The highest BCUT2D eigenvalue weighted by Crippen LogP contribution is 2.49. The number of nitro groups is 1. The van der Waals surface area contributed by atoms with E-state index in [9.17, 15) is 32.6 Å². The number of nitro benzene ring substituents is 1. The Morgan fingerprint density at radius 2 is 1.65 bits per heavy atom. The predicted octanol–water partition coefficient (Wildman–Crippen LogP) is 2.15. The lowest BCUT2D eigenvalue weighted by Crippen LogP contribution is -2.27. The molecule has 1 aromatic carbocycles. The molecule has 0 N–H and O–H groups in total. The Bertz CT molecular complexity index is 868.